The van der Waals surface area contributed by atoms with Gasteiger partial charge in [0, 0.05) is 31.6 Å². The van der Waals surface area contributed by atoms with Gasteiger partial charge in [-0.1, -0.05) is 17.9 Å². The molecule has 1 heterocycles. The van der Waals surface area contributed by atoms with Crippen LogP contribution in [0.15, 0.2) is 24.3 Å². The first-order valence-electron chi connectivity index (χ1n) is 7.44. The molecule has 0 aromatic heterocycles. The van der Waals surface area contributed by atoms with Gasteiger partial charge in [-0.25, -0.2) is 0 Å². The van der Waals surface area contributed by atoms with Gasteiger partial charge in [-0.3, -0.25) is 4.90 Å². The fraction of sp³-hybridized carbons (Fsp3) is 0.529. The van der Waals surface area contributed by atoms with Crippen LogP contribution in [0.2, 0.25) is 0 Å². The highest BCUT2D eigenvalue weighted by Gasteiger charge is 2.15. The first-order chi connectivity index (χ1) is 10.3. The number of benzene rings is 1. The molecule has 0 amide bonds. The lowest BCUT2D eigenvalue weighted by Gasteiger charge is -2.30. The summed E-state index contributed by atoms with van der Waals surface area (Å²) in [6, 6.07) is 7.77. The van der Waals surface area contributed by atoms with Crippen LogP contribution in [0.1, 0.15) is 18.9 Å². The Morgan fingerprint density at radius 1 is 1.48 bits per heavy atom. The predicted octanol–water partition coefficient (Wildman–Crippen LogP) is 1.52. The summed E-state index contributed by atoms with van der Waals surface area (Å²) in [4.78, 5) is 2.36. The van der Waals surface area contributed by atoms with Crippen LogP contribution in [0.3, 0.4) is 0 Å². The lowest BCUT2D eigenvalue weighted by molar-refractivity contribution is -0.0214. The Morgan fingerprint density at radius 3 is 3.19 bits per heavy atom. The quantitative estimate of drug-likeness (QED) is 0.835. The maximum atomic E-state index is 8.72. The molecule has 2 rings (SSSR count). The van der Waals surface area contributed by atoms with Crippen molar-refractivity contribution in [2.45, 2.75) is 19.4 Å². The Labute approximate surface area is 126 Å². The van der Waals surface area contributed by atoms with Gasteiger partial charge in [-0.15, -0.1) is 0 Å². The van der Waals surface area contributed by atoms with Crippen molar-refractivity contribution in [2.75, 3.05) is 39.5 Å². The number of nitrogens with zero attached hydrogens (tertiary/aromatic N) is 1. The van der Waals surface area contributed by atoms with E-state index < -0.39 is 0 Å². The Morgan fingerprint density at radius 2 is 2.38 bits per heavy atom. The van der Waals surface area contributed by atoms with Crippen molar-refractivity contribution >= 4 is 0 Å². The minimum Gasteiger partial charge on any atom is -0.492 e. The Balaban J connectivity index is 1.78. The third-order valence-electron chi connectivity index (χ3n) is 3.31. The van der Waals surface area contributed by atoms with Gasteiger partial charge in [0.1, 0.15) is 12.4 Å². The van der Waals surface area contributed by atoms with Crippen LogP contribution in [0, 0.1) is 11.8 Å². The summed E-state index contributed by atoms with van der Waals surface area (Å²) in [5, 5.41) is 8.72. The first kappa shape index (κ1) is 15.8. The molecule has 0 radical (unpaired) electrons. The molecule has 0 bridgehead atoms. The van der Waals surface area contributed by atoms with Crippen LogP contribution in [0.4, 0.5) is 0 Å². The Hall–Kier alpha value is -1.54. The molecule has 1 aliphatic heterocycles. The largest absolute Gasteiger partial charge is 0.492 e. The molecular formula is C17H23NO3. The van der Waals surface area contributed by atoms with E-state index in [0.717, 1.165) is 37.6 Å². The lowest BCUT2D eigenvalue weighted by atomic mass is 10.2. The maximum absolute atomic E-state index is 8.72. The SMILES string of the molecule is CC1CN(CCOc2cccc(C#CCCO)c2)CCO1. The van der Waals surface area contributed by atoms with Crippen molar-refractivity contribution < 1.29 is 14.6 Å². The van der Waals surface area contributed by atoms with Gasteiger partial charge in [0.2, 0.25) is 0 Å². The standard InChI is InChI=1S/C17H23NO3/c1-15-14-18(8-11-20-15)9-12-21-17-7-4-6-16(13-17)5-2-3-10-19/h4,6-7,13,15,19H,3,8-12,14H2,1H3. The van der Waals surface area contributed by atoms with E-state index in [2.05, 4.69) is 23.7 Å². The fourth-order valence-corrected chi connectivity index (χ4v) is 2.27. The topological polar surface area (TPSA) is 41.9 Å². The highest BCUT2D eigenvalue weighted by atomic mass is 16.5. The van der Waals surface area contributed by atoms with Crippen LogP contribution >= 0.6 is 0 Å². The predicted molar refractivity (Wildman–Crippen MR) is 82.4 cm³/mol. The molecule has 1 atom stereocenters. The monoisotopic (exact) mass is 289 g/mol. The molecule has 1 aromatic rings. The van der Waals surface area contributed by atoms with E-state index in [4.69, 9.17) is 14.6 Å². The number of aliphatic hydroxyl groups is 1. The van der Waals surface area contributed by atoms with Crippen molar-refractivity contribution in [3.8, 4) is 17.6 Å². The van der Waals surface area contributed by atoms with Gasteiger partial charge in [-0.2, -0.15) is 0 Å². The van der Waals surface area contributed by atoms with Gasteiger partial charge in [0.25, 0.3) is 0 Å². The average molecular weight is 289 g/mol. The number of hydrogen-bond acceptors (Lipinski definition) is 4. The molecule has 1 N–H and O–H groups in total. The second kappa shape index (κ2) is 8.68. The number of morpholine rings is 1. The highest BCUT2D eigenvalue weighted by Crippen LogP contribution is 2.13. The van der Waals surface area contributed by atoms with Crippen LogP contribution in [-0.2, 0) is 4.74 Å². The van der Waals surface area contributed by atoms with Crippen LogP contribution in [-0.4, -0.2) is 55.6 Å². The zero-order valence-corrected chi connectivity index (χ0v) is 12.5. The second-order valence-electron chi connectivity index (χ2n) is 5.13. The van der Waals surface area contributed by atoms with E-state index in [0.29, 0.717) is 19.1 Å². The summed E-state index contributed by atoms with van der Waals surface area (Å²) in [7, 11) is 0. The molecule has 0 aliphatic carbocycles. The lowest BCUT2D eigenvalue weighted by Crippen LogP contribution is -2.42. The molecule has 114 valence electrons. The minimum absolute atomic E-state index is 0.0984. The summed E-state index contributed by atoms with van der Waals surface area (Å²) in [5.74, 6) is 6.77. The zero-order chi connectivity index (χ0) is 14.9. The summed E-state index contributed by atoms with van der Waals surface area (Å²) in [5.41, 5.74) is 0.918. The molecule has 21 heavy (non-hydrogen) atoms. The van der Waals surface area contributed by atoms with Crippen LogP contribution < -0.4 is 4.74 Å². The van der Waals surface area contributed by atoms with E-state index in [-0.39, 0.29) is 6.61 Å². The molecule has 4 nitrogen and oxygen atoms in total. The number of hydrogen-bond donors (Lipinski definition) is 1. The number of rotatable bonds is 5. The van der Waals surface area contributed by atoms with Crippen molar-refractivity contribution in [2.24, 2.45) is 0 Å². The van der Waals surface area contributed by atoms with E-state index in [1.165, 1.54) is 0 Å². The summed E-state index contributed by atoms with van der Waals surface area (Å²) in [6.07, 6.45) is 0.809. The molecule has 0 saturated carbocycles. The fourth-order valence-electron chi connectivity index (χ4n) is 2.27. The molecule has 1 aromatic carbocycles. The van der Waals surface area contributed by atoms with Crippen molar-refractivity contribution in [1.82, 2.24) is 4.90 Å². The van der Waals surface area contributed by atoms with E-state index in [9.17, 15) is 0 Å². The molecule has 1 saturated heterocycles. The van der Waals surface area contributed by atoms with E-state index in [1.807, 2.05) is 24.3 Å². The zero-order valence-electron chi connectivity index (χ0n) is 12.5. The molecule has 0 spiro atoms. The minimum atomic E-state index is 0.0984. The van der Waals surface area contributed by atoms with E-state index in [1.54, 1.807) is 0 Å². The van der Waals surface area contributed by atoms with Gasteiger partial charge >= 0.3 is 0 Å². The highest BCUT2D eigenvalue weighted by molar-refractivity contribution is 5.39. The van der Waals surface area contributed by atoms with Crippen molar-refractivity contribution in [1.29, 1.82) is 0 Å². The van der Waals surface area contributed by atoms with Crippen LogP contribution in [0.25, 0.3) is 0 Å². The Bertz CT molecular complexity index is 492. The smallest absolute Gasteiger partial charge is 0.120 e. The Kier molecular flexibility index (Phi) is 6.55. The van der Waals surface area contributed by atoms with Crippen LogP contribution in [0.5, 0.6) is 5.75 Å². The third kappa shape index (κ3) is 5.76. The average Bonchev–Trinajstić information content (AvgIpc) is 2.48. The van der Waals surface area contributed by atoms with Gasteiger partial charge in [-0.05, 0) is 25.1 Å². The number of aliphatic hydroxyl groups excluding tert-OH is 1. The second-order valence-corrected chi connectivity index (χ2v) is 5.13. The maximum Gasteiger partial charge on any atom is 0.120 e. The molecule has 1 aliphatic rings. The van der Waals surface area contributed by atoms with Gasteiger partial charge in [0.05, 0.1) is 19.3 Å². The van der Waals surface area contributed by atoms with Gasteiger partial charge in [0.15, 0.2) is 0 Å². The molecule has 1 unspecified atom stereocenters. The summed E-state index contributed by atoms with van der Waals surface area (Å²) < 4.78 is 11.3. The van der Waals surface area contributed by atoms with Crippen molar-refractivity contribution in [3.05, 3.63) is 29.8 Å². The summed E-state index contributed by atoms with van der Waals surface area (Å²) >= 11 is 0. The van der Waals surface area contributed by atoms with E-state index >= 15 is 0 Å². The van der Waals surface area contributed by atoms with Crippen molar-refractivity contribution in [3.63, 3.8) is 0 Å². The molecule has 4 heteroatoms. The summed E-state index contributed by atoms with van der Waals surface area (Å²) in [6.45, 7) is 6.52. The molecule has 1 fully saturated rings. The van der Waals surface area contributed by atoms with Gasteiger partial charge < -0.3 is 14.6 Å². The number of ether oxygens (including phenoxy) is 2. The first-order valence-corrected chi connectivity index (χ1v) is 7.44. The normalized spacial score (nSPS) is 18.9. The molecular weight excluding hydrogens is 266 g/mol. The third-order valence-corrected chi connectivity index (χ3v) is 3.31.